The maximum Gasteiger partial charge on any atom is 0.106 e. The maximum atomic E-state index is 12.8. The Morgan fingerprint density at radius 1 is 0.778 bits per heavy atom. The van der Waals surface area contributed by atoms with Gasteiger partial charge in [-0.2, -0.15) is 0 Å². The molecule has 1 unspecified atom stereocenters. The summed E-state index contributed by atoms with van der Waals surface area (Å²) in [5.74, 6) is 0.351. The SMILES string of the molecule is CCCCCCCCC(C)C([O])(CCC)CCC. The molecule has 0 rings (SSSR count). The largest absolute Gasteiger partial charge is 0.229 e. The molecule has 0 aromatic carbocycles. The third-order valence-electron chi connectivity index (χ3n) is 4.24. The van der Waals surface area contributed by atoms with Gasteiger partial charge in [-0.25, -0.2) is 5.11 Å². The summed E-state index contributed by atoms with van der Waals surface area (Å²) in [6.45, 7) is 8.72. The average Bonchev–Trinajstić information content (AvgIpc) is 2.34. The van der Waals surface area contributed by atoms with Crippen LogP contribution >= 0.6 is 0 Å². The molecule has 18 heavy (non-hydrogen) atoms. The monoisotopic (exact) mass is 255 g/mol. The van der Waals surface area contributed by atoms with E-state index in [1.54, 1.807) is 0 Å². The Hall–Kier alpha value is -0.0400. The van der Waals surface area contributed by atoms with Gasteiger partial charge in [0.1, 0.15) is 5.60 Å². The zero-order chi connectivity index (χ0) is 13.9. The highest BCUT2D eigenvalue weighted by Gasteiger charge is 2.33. The van der Waals surface area contributed by atoms with Crippen LogP contribution < -0.4 is 0 Å². The summed E-state index contributed by atoms with van der Waals surface area (Å²) in [7, 11) is 0. The van der Waals surface area contributed by atoms with Gasteiger partial charge >= 0.3 is 0 Å². The van der Waals surface area contributed by atoms with Gasteiger partial charge < -0.3 is 0 Å². The van der Waals surface area contributed by atoms with Crippen LogP contribution in [0, 0.1) is 5.92 Å². The molecule has 0 saturated heterocycles. The first kappa shape index (κ1) is 18.0. The zero-order valence-electron chi connectivity index (χ0n) is 13.3. The summed E-state index contributed by atoms with van der Waals surface area (Å²) in [4.78, 5) is 0. The van der Waals surface area contributed by atoms with Crippen molar-refractivity contribution in [1.29, 1.82) is 0 Å². The quantitative estimate of drug-likeness (QED) is 0.373. The second kappa shape index (κ2) is 10.8. The second-order valence-electron chi connectivity index (χ2n) is 6.02. The summed E-state index contributed by atoms with van der Waals surface area (Å²) in [5.41, 5.74) is -0.646. The standard InChI is InChI=1S/C17H35O/c1-5-8-9-10-11-12-13-16(4)17(18,14-6-2)15-7-3/h16H,5-15H2,1-4H3. The van der Waals surface area contributed by atoms with Crippen molar-refractivity contribution in [2.45, 2.75) is 104 Å². The van der Waals surface area contributed by atoms with E-state index in [1.807, 2.05) is 0 Å². The minimum atomic E-state index is -0.646. The van der Waals surface area contributed by atoms with E-state index in [9.17, 15) is 5.11 Å². The molecule has 0 fully saturated rings. The molecule has 1 heteroatoms. The highest BCUT2D eigenvalue weighted by atomic mass is 16.3. The van der Waals surface area contributed by atoms with Gasteiger partial charge in [0.2, 0.25) is 0 Å². The van der Waals surface area contributed by atoms with E-state index in [1.165, 1.54) is 38.5 Å². The highest BCUT2D eigenvalue weighted by Crippen LogP contribution is 2.32. The topological polar surface area (TPSA) is 19.9 Å². The van der Waals surface area contributed by atoms with Crippen LogP contribution in [-0.2, 0) is 5.11 Å². The number of hydrogen-bond acceptors (Lipinski definition) is 0. The molecule has 1 nitrogen and oxygen atoms in total. The van der Waals surface area contributed by atoms with Crippen molar-refractivity contribution in [2.24, 2.45) is 5.92 Å². The molecule has 109 valence electrons. The Balaban J connectivity index is 3.84. The minimum absolute atomic E-state index is 0.351. The van der Waals surface area contributed by atoms with Crippen LogP contribution in [-0.4, -0.2) is 5.60 Å². The minimum Gasteiger partial charge on any atom is -0.229 e. The molecule has 1 radical (unpaired) electrons. The Kier molecular flexibility index (Phi) is 10.8. The Labute approximate surface area is 115 Å². The fourth-order valence-corrected chi connectivity index (χ4v) is 2.96. The van der Waals surface area contributed by atoms with E-state index in [0.717, 1.165) is 32.1 Å². The van der Waals surface area contributed by atoms with E-state index in [4.69, 9.17) is 0 Å². The van der Waals surface area contributed by atoms with Crippen LogP contribution in [0.1, 0.15) is 98.3 Å². The van der Waals surface area contributed by atoms with Crippen molar-refractivity contribution in [3.63, 3.8) is 0 Å². The fraction of sp³-hybridized carbons (Fsp3) is 1.00. The molecule has 0 bridgehead atoms. The van der Waals surface area contributed by atoms with Crippen molar-refractivity contribution in [2.75, 3.05) is 0 Å². The Morgan fingerprint density at radius 2 is 1.28 bits per heavy atom. The lowest BCUT2D eigenvalue weighted by atomic mass is 9.78. The van der Waals surface area contributed by atoms with Gasteiger partial charge in [-0.05, 0) is 25.2 Å². The van der Waals surface area contributed by atoms with E-state index < -0.39 is 5.60 Å². The predicted molar refractivity (Wildman–Crippen MR) is 80.4 cm³/mol. The summed E-state index contributed by atoms with van der Waals surface area (Å²) >= 11 is 0. The molecule has 0 spiro atoms. The molecule has 0 aliphatic carbocycles. The van der Waals surface area contributed by atoms with Crippen LogP contribution in [0.2, 0.25) is 0 Å². The third-order valence-corrected chi connectivity index (χ3v) is 4.24. The zero-order valence-corrected chi connectivity index (χ0v) is 13.3. The van der Waals surface area contributed by atoms with E-state index in [-0.39, 0.29) is 0 Å². The molecule has 0 aliphatic rings. The maximum absolute atomic E-state index is 12.8. The summed E-state index contributed by atoms with van der Waals surface area (Å²) in [5, 5.41) is 12.8. The van der Waals surface area contributed by atoms with Gasteiger partial charge in [-0.3, -0.25) is 0 Å². The van der Waals surface area contributed by atoms with Gasteiger partial charge in [-0.15, -0.1) is 0 Å². The molecule has 0 aromatic rings. The van der Waals surface area contributed by atoms with E-state index >= 15 is 0 Å². The molecule has 0 heterocycles. The first-order valence-corrected chi connectivity index (χ1v) is 8.31. The molecular formula is C17H35O. The average molecular weight is 255 g/mol. The summed E-state index contributed by atoms with van der Waals surface area (Å²) < 4.78 is 0. The molecular weight excluding hydrogens is 220 g/mol. The third kappa shape index (κ3) is 7.41. The van der Waals surface area contributed by atoms with Crippen molar-refractivity contribution in [3.05, 3.63) is 0 Å². The Morgan fingerprint density at radius 3 is 1.78 bits per heavy atom. The number of unbranched alkanes of at least 4 members (excludes halogenated alkanes) is 5. The molecule has 1 atom stereocenters. The van der Waals surface area contributed by atoms with Crippen molar-refractivity contribution < 1.29 is 5.11 Å². The second-order valence-corrected chi connectivity index (χ2v) is 6.02. The van der Waals surface area contributed by atoms with Gasteiger partial charge in [0.25, 0.3) is 0 Å². The molecule has 0 saturated carbocycles. The summed E-state index contributed by atoms with van der Waals surface area (Å²) in [6.07, 6.45) is 12.9. The molecule has 0 N–H and O–H groups in total. The molecule has 0 aromatic heterocycles. The lowest BCUT2D eigenvalue weighted by molar-refractivity contribution is -0.0893. The van der Waals surface area contributed by atoms with Crippen LogP contribution in [0.5, 0.6) is 0 Å². The van der Waals surface area contributed by atoms with Gasteiger partial charge in [0.15, 0.2) is 0 Å². The van der Waals surface area contributed by atoms with E-state index in [0.29, 0.717) is 5.92 Å². The lowest BCUT2D eigenvalue weighted by Crippen LogP contribution is -2.34. The highest BCUT2D eigenvalue weighted by molar-refractivity contribution is 4.83. The molecule has 0 aliphatic heterocycles. The smallest absolute Gasteiger partial charge is 0.106 e. The number of rotatable bonds is 12. The van der Waals surface area contributed by atoms with Crippen LogP contribution in [0.15, 0.2) is 0 Å². The van der Waals surface area contributed by atoms with Gasteiger partial charge in [0, 0.05) is 0 Å². The van der Waals surface area contributed by atoms with Gasteiger partial charge in [0.05, 0.1) is 0 Å². The van der Waals surface area contributed by atoms with Crippen molar-refractivity contribution in [1.82, 2.24) is 0 Å². The van der Waals surface area contributed by atoms with Crippen LogP contribution in [0.25, 0.3) is 0 Å². The van der Waals surface area contributed by atoms with E-state index in [2.05, 4.69) is 27.7 Å². The first-order valence-electron chi connectivity index (χ1n) is 8.31. The first-order chi connectivity index (χ1) is 8.60. The normalized spacial score (nSPS) is 13.8. The van der Waals surface area contributed by atoms with Crippen molar-refractivity contribution in [3.8, 4) is 0 Å². The van der Waals surface area contributed by atoms with Crippen molar-refractivity contribution >= 4 is 0 Å². The number of hydrogen-bond donors (Lipinski definition) is 0. The molecule has 0 amide bonds. The van der Waals surface area contributed by atoms with Crippen LogP contribution in [0.3, 0.4) is 0 Å². The summed E-state index contributed by atoms with van der Waals surface area (Å²) in [6, 6.07) is 0. The lowest BCUT2D eigenvalue weighted by Gasteiger charge is -2.31. The fourth-order valence-electron chi connectivity index (χ4n) is 2.96. The predicted octanol–water partition coefficient (Wildman–Crippen LogP) is 6.14. The van der Waals surface area contributed by atoms with Gasteiger partial charge in [-0.1, -0.05) is 79.1 Å². The van der Waals surface area contributed by atoms with Crippen LogP contribution in [0.4, 0.5) is 0 Å². The Bertz CT molecular complexity index is 170.